The molecular weight excluding hydrogens is 306 g/mol. The molecule has 6 heteroatoms. The van der Waals surface area contributed by atoms with Gasteiger partial charge in [0.1, 0.15) is 0 Å². The summed E-state index contributed by atoms with van der Waals surface area (Å²) in [5.74, 6) is 0.132. The third-order valence-corrected chi connectivity index (χ3v) is 5.81. The van der Waals surface area contributed by atoms with Crippen molar-refractivity contribution in [2.75, 3.05) is 32.7 Å². The van der Waals surface area contributed by atoms with Gasteiger partial charge in [0.25, 0.3) is 0 Å². The Labute approximate surface area is 144 Å². The van der Waals surface area contributed by atoms with Crippen LogP contribution in [0.25, 0.3) is 0 Å². The number of likely N-dealkylation sites (tertiary alicyclic amines) is 1. The fourth-order valence-electron chi connectivity index (χ4n) is 4.32. The maximum absolute atomic E-state index is 12.8. The van der Waals surface area contributed by atoms with Crippen LogP contribution in [0, 0.1) is 5.92 Å². The van der Waals surface area contributed by atoms with E-state index in [1.165, 1.54) is 25.7 Å². The van der Waals surface area contributed by atoms with E-state index in [-0.39, 0.29) is 23.6 Å². The number of carbonyl (C=O) groups excluding carboxylic acids is 3. The Morgan fingerprint density at radius 3 is 2.08 bits per heavy atom. The van der Waals surface area contributed by atoms with Crippen LogP contribution in [0.4, 0.5) is 0 Å². The summed E-state index contributed by atoms with van der Waals surface area (Å²) in [6.07, 6.45) is 7.46. The minimum Gasteiger partial charge on any atom is -0.339 e. The first kappa shape index (κ1) is 17.2. The summed E-state index contributed by atoms with van der Waals surface area (Å²) >= 11 is 0. The molecule has 0 aromatic carbocycles. The van der Waals surface area contributed by atoms with E-state index < -0.39 is 0 Å². The third kappa shape index (κ3) is 3.73. The van der Waals surface area contributed by atoms with Crippen LogP contribution in [0.5, 0.6) is 0 Å². The molecule has 24 heavy (non-hydrogen) atoms. The summed E-state index contributed by atoms with van der Waals surface area (Å²) in [5.41, 5.74) is 0. The molecule has 2 aliphatic heterocycles. The van der Waals surface area contributed by atoms with Gasteiger partial charge < -0.3 is 14.7 Å². The SMILES string of the molecule is CC(=O)N1CCN(C(=O)[C@H]2CC(=O)N(C3CCCCCC3)C2)CC1. The van der Waals surface area contributed by atoms with E-state index in [4.69, 9.17) is 0 Å². The van der Waals surface area contributed by atoms with Gasteiger partial charge in [0.05, 0.1) is 5.92 Å². The second-order valence-electron chi connectivity index (χ2n) is 7.42. The number of amides is 3. The van der Waals surface area contributed by atoms with Gasteiger partial charge >= 0.3 is 0 Å². The van der Waals surface area contributed by atoms with Crippen molar-refractivity contribution in [2.24, 2.45) is 5.92 Å². The van der Waals surface area contributed by atoms with E-state index >= 15 is 0 Å². The second-order valence-corrected chi connectivity index (χ2v) is 7.42. The third-order valence-electron chi connectivity index (χ3n) is 5.81. The first-order valence-corrected chi connectivity index (χ1v) is 9.40. The Balaban J connectivity index is 1.55. The van der Waals surface area contributed by atoms with E-state index in [2.05, 4.69) is 0 Å². The lowest BCUT2D eigenvalue weighted by atomic mass is 10.1. The van der Waals surface area contributed by atoms with Crippen molar-refractivity contribution < 1.29 is 14.4 Å². The highest BCUT2D eigenvalue weighted by Crippen LogP contribution is 2.29. The molecule has 134 valence electrons. The molecule has 1 saturated carbocycles. The van der Waals surface area contributed by atoms with Gasteiger partial charge in [-0.1, -0.05) is 25.7 Å². The molecule has 0 spiro atoms. The summed E-state index contributed by atoms with van der Waals surface area (Å²) in [5, 5.41) is 0. The number of nitrogens with zero attached hydrogens (tertiary/aromatic N) is 3. The van der Waals surface area contributed by atoms with E-state index in [0.717, 1.165) is 12.8 Å². The minimum atomic E-state index is -0.190. The Morgan fingerprint density at radius 1 is 0.917 bits per heavy atom. The first-order chi connectivity index (χ1) is 11.6. The van der Waals surface area contributed by atoms with Gasteiger partial charge in [-0.3, -0.25) is 14.4 Å². The van der Waals surface area contributed by atoms with Crippen LogP contribution in [-0.2, 0) is 14.4 Å². The predicted octanol–water partition coefficient (Wildman–Crippen LogP) is 1.25. The Kier molecular flexibility index (Phi) is 5.41. The number of piperazine rings is 1. The molecule has 0 bridgehead atoms. The molecule has 6 nitrogen and oxygen atoms in total. The molecule has 3 amide bonds. The zero-order chi connectivity index (χ0) is 17.1. The highest BCUT2D eigenvalue weighted by Gasteiger charge is 2.40. The second kappa shape index (κ2) is 7.53. The summed E-state index contributed by atoms with van der Waals surface area (Å²) in [7, 11) is 0. The molecule has 1 atom stereocenters. The van der Waals surface area contributed by atoms with Crippen LogP contribution in [0.2, 0.25) is 0 Å². The predicted molar refractivity (Wildman–Crippen MR) is 90.1 cm³/mol. The van der Waals surface area contributed by atoms with Crippen molar-refractivity contribution in [3.05, 3.63) is 0 Å². The van der Waals surface area contributed by atoms with Crippen molar-refractivity contribution in [1.82, 2.24) is 14.7 Å². The Morgan fingerprint density at radius 2 is 1.50 bits per heavy atom. The number of hydrogen-bond donors (Lipinski definition) is 0. The van der Waals surface area contributed by atoms with Gasteiger partial charge in [0.2, 0.25) is 17.7 Å². The topological polar surface area (TPSA) is 60.9 Å². The fraction of sp³-hybridized carbons (Fsp3) is 0.833. The highest BCUT2D eigenvalue weighted by molar-refractivity contribution is 5.89. The largest absolute Gasteiger partial charge is 0.339 e. The number of hydrogen-bond acceptors (Lipinski definition) is 3. The molecular formula is C18H29N3O3. The fourth-order valence-corrected chi connectivity index (χ4v) is 4.32. The molecule has 3 rings (SSSR count). The normalized spacial score (nSPS) is 26.6. The molecule has 2 saturated heterocycles. The maximum Gasteiger partial charge on any atom is 0.228 e. The van der Waals surface area contributed by atoms with Crippen LogP contribution in [0.15, 0.2) is 0 Å². The van der Waals surface area contributed by atoms with Crippen molar-refractivity contribution >= 4 is 17.7 Å². The first-order valence-electron chi connectivity index (χ1n) is 9.40. The van der Waals surface area contributed by atoms with Crippen molar-refractivity contribution in [3.63, 3.8) is 0 Å². The van der Waals surface area contributed by atoms with Crippen LogP contribution in [0.1, 0.15) is 51.9 Å². The molecule has 0 aromatic heterocycles. The van der Waals surface area contributed by atoms with E-state index in [9.17, 15) is 14.4 Å². The van der Waals surface area contributed by atoms with Crippen LogP contribution < -0.4 is 0 Å². The molecule has 0 radical (unpaired) electrons. The van der Waals surface area contributed by atoms with Crippen molar-refractivity contribution in [1.29, 1.82) is 0 Å². The molecule has 0 aromatic rings. The number of carbonyl (C=O) groups is 3. The molecule has 1 aliphatic carbocycles. The number of rotatable bonds is 2. The van der Waals surface area contributed by atoms with Crippen LogP contribution in [-0.4, -0.2) is 71.2 Å². The standard InChI is InChI=1S/C18H29N3O3/c1-14(22)19-8-10-20(11-9-19)18(24)15-12-17(23)21(13-15)16-6-4-2-3-5-7-16/h15-16H,2-13H2,1H3/t15-/m0/s1. The Hall–Kier alpha value is -1.59. The smallest absolute Gasteiger partial charge is 0.228 e. The molecule has 0 unspecified atom stereocenters. The Bertz CT molecular complexity index is 492. The van der Waals surface area contributed by atoms with Crippen LogP contribution >= 0.6 is 0 Å². The van der Waals surface area contributed by atoms with Crippen molar-refractivity contribution in [3.8, 4) is 0 Å². The lowest BCUT2D eigenvalue weighted by molar-refractivity contribution is -0.141. The maximum atomic E-state index is 12.8. The summed E-state index contributed by atoms with van der Waals surface area (Å²) in [6, 6.07) is 0.340. The quantitative estimate of drug-likeness (QED) is 0.714. The lowest BCUT2D eigenvalue weighted by Gasteiger charge is -2.35. The summed E-state index contributed by atoms with van der Waals surface area (Å²) in [6.45, 7) is 4.55. The van der Waals surface area contributed by atoms with E-state index in [1.807, 2.05) is 9.80 Å². The average molecular weight is 335 g/mol. The molecule has 0 N–H and O–H groups in total. The van der Waals surface area contributed by atoms with Gasteiger partial charge in [-0.25, -0.2) is 0 Å². The van der Waals surface area contributed by atoms with Gasteiger partial charge in [-0.2, -0.15) is 0 Å². The summed E-state index contributed by atoms with van der Waals surface area (Å²) in [4.78, 5) is 42.2. The molecule has 3 fully saturated rings. The minimum absolute atomic E-state index is 0.0673. The monoisotopic (exact) mass is 335 g/mol. The lowest BCUT2D eigenvalue weighted by Crippen LogP contribution is -2.51. The zero-order valence-electron chi connectivity index (χ0n) is 14.7. The van der Waals surface area contributed by atoms with Gasteiger partial charge in [0, 0.05) is 52.1 Å². The highest BCUT2D eigenvalue weighted by atomic mass is 16.2. The molecule has 3 aliphatic rings. The van der Waals surface area contributed by atoms with E-state index in [0.29, 0.717) is 45.2 Å². The zero-order valence-corrected chi connectivity index (χ0v) is 14.7. The van der Waals surface area contributed by atoms with Gasteiger partial charge in [-0.15, -0.1) is 0 Å². The van der Waals surface area contributed by atoms with Crippen molar-refractivity contribution in [2.45, 2.75) is 57.9 Å². The molecule has 2 heterocycles. The summed E-state index contributed by atoms with van der Waals surface area (Å²) < 4.78 is 0. The van der Waals surface area contributed by atoms with Gasteiger partial charge in [-0.05, 0) is 12.8 Å². The van der Waals surface area contributed by atoms with Gasteiger partial charge in [0.15, 0.2) is 0 Å². The van der Waals surface area contributed by atoms with Crippen LogP contribution in [0.3, 0.4) is 0 Å². The average Bonchev–Trinajstić information content (AvgIpc) is 2.80. The van der Waals surface area contributed by atoms with E-state index in [1.54, 1.807) is 11.8 Å².